The van der Waals surface area contributed by atoms with E-state index in [0.29, 0.717) is 38.8 Å². The molecule has 2 aliphatic rings. The summed E-state index contributed by atoms with van der Waals surface area (Å²) in [6.45, 7) is 0.659. The van der Waals surface area contributed by atoms with Crippen molar-refractivity contribution in [2.45, 2.75) is 32.1 Å². The first-order valence-corrected chi connectivity index (χ1v) is 10.8. The Labute approximate surface area is 178 Å². The molecule has 1 amide bonds. The molecule has 2 heterocycles. The minimum absolute atomic E-state index is 0.0216. The zero-order chi connectivity index (χ0) is 20.4. The molecule has 0 N–H and O–H groups in total. The maximum Gasteiger partial charge on any atom is 0.280 e. The number of para-hydroxylation sites is 1. The summed E-state index contributed by atoms with van der Waals surface area (Å²) in [5.41, 5.74) is 0.382. The number of nitro benzene ring substituents is 1. The van der Waals surface area contributed by atoms with Crippen LogP contribution in [-0.2, 0) is 4.79 Å². The van der Waals surface area contributed by atoms with Gasteiger partial charge in [-0.25, -0.2) is 0 Å². The van der Waals surface area contributed by atoms with Crippen LogP contribution in [0.5, 0.6) is 0 Å². The maximum absolute atomic E-state index is 12.8. The second-order valence-corrected chi connectivity index (χ2v) is 8.92. The van der Waals surface area contributed by atoms with Crippen molar-refractivity contribution < 1.29 is 14.1 Å². The summed E-state index contributed by atoms with van der Waals surface area (Å²) in [7, 11) is 0. The van der Waals surface area contributed by atoms with E-state index in [0.717, 1.165) is 6.42 Å². The normalized spacial score (nSPS) is 18.9. The highest BCUT2D eigenvalue weighted by molar-refractivity contribution is 8.26. The summed E-state index contributed by atoms with van der Waals surface area (Å²) >= 11 is 6.67. The van der Waals surface area contributed by atoms with E-state index in [9.17, 15) is 14.9 Å². The van der Waals surface area contributed by atoms with Crippen molar-refractivity contribution in [2.75, 3.05) is 6.54 Å². The number of hydrogen-bond donors (Lipinski definition) is 0. The Morgan fingerprint density at radius 2 is 2.00 bits per heavy atom. The molecule has 2 fully saturated rings. The number of rotatable bonds is 6. The predicted molar refractivity (Wildman–Crippen MR) is 117 cm³/mol. The number of benzene rings is 1. The van der Waals surface area contributed by atoms with Gasteiger partial charge in [0, 0.05) is 18.7 Å². The van der Waals surface area contributed by atoms with Gasteiger partial charge in [0.2, 0.25) is 0 Å². The van der Waals surface area contributed by atoms with Crippen LogP contribution in [-0.4, -0.2) is 26.6 Å². The lowest BCUT2D eigenvalue weighted by Gasteiger charge is -2.17. The molecule has 0 unspecified atom stereocenters. The van der Waals surface area contributed by atoms with E-state index in [-0.39, 0.29) is 11.6 Å². The van der Waals surface area contributed by atoms with Crippen molar-refractivity contribution in [3.8, 4) is 11.3 Å². The van der Waals surface area contributed by atoms with Crippen LogP contribution < -0.4 is 0 Å². The number of carbonyl (C=O) groups excluding carboxylic acids is 1. The molecular weight excluding hydrogens is 408 g/mol. The van der Waals surface area contributed by atoms with E-state index in [2.05, 4.69) is 0 Å². The number of nitro groups is 1. The Morgan fingerprint density at radius 3 is 2.76 bits per heavy atom. The molecule has 0 bridgehead atoms. The van der Waals surface area contributed by atoms with Crippen molar-refractivity contribution in [1.82, 2.24) is 4.90 Å². The number of thioether (sulfide) groups is 1. The lowest BCUT2D eigenvalue weighted by atomic mass is 10.0. The zero-order valence-corrected chi connectivity index (χ0v) is 17.3. The van der Waals surface area contributed by atoms with Crippen molar-refractivity contribution in [3.63, 3.8) is 0 Å². The second kappa shape index (κ2) is 8.51. The highest BCUT2D eigenvalue weighted by atomic mass is 32.2. The maximum atomic E-state index is 12.8. The van der Waals surface area contributed by atoms with Gasteiger partial charge >= 0.3 is 0 Å². The quantitative estimate of drug-likeness (QED) is 0.257. The fraction of sp³-hybridized carbons (Fsp3) is 0.333. The Balaban J connectivity index is 1.50. The second-order valence-electron chi connectivity index (χ2n) is 7.25. The van der Waals surface area contributed by atoms with Gasteiger partial charge in [-0.1, -0.05) is 61.8 Å². The zero-order valence-electron chi connectivity index (χ0n) is 15.7. The molecule has 0 radical (unpaired) electrons. The van der Waals surface area contributed by atoms with Gasteiger partial charge in [-0.15, -0.1) is 0 Å². The van der Waals surface area contributed by atoms with Gasteiger partial charge in [-0.3, -0.25) is 19.8 Å². The molecule has 0 atom stereocenters. The van der Waals surface area contributed by atoms with Crippen LogP contribution in [0.25, 0.3) is 17.4 Å². The van der Waals surface area contributed by atoms with Crippen LogP contribution in [0.15, 0.2) is 45.7 Å². The van der Waals surface area contributed by atoms with E-state index >= 15 is 0 Å². The third-order valence-corrected chi connectivity index (χ3v) is 6.75. The summed E-state index contributed by atoms with van der Waals surface area (Å²) in [5.74, 6) is 1.45. The molecule has 1 saturated carbocycles. The number of carbonyl (C=O) groups is 1. The molecule has 0 spiro atoms. The van der Waals surface area contributed by atoms with E-state index in [1.807, 2.05) is 0 Å². The van der Waals surface area contributed by atoms with Gasteiger partial charge in [0.05, 0.1) is 15.4 Å². The summed E-state index contributed by atoms with van der Waals surface area (Å²) in [5, 5.41) is 11.2. The highest BCUT2D eigenvalue weighted by Crippen LogP contribution is 2.36. The first kappa shape index (κ1) is 19.8. The van der Waals surface area contributed by atoms with Crippen molar-refractivity contribution in [2.24, 2.45) is 5.92 Å². The van der Waals surface area contributed by atoms with Gasteiger partial charge in [0.25, 0.3) is 11.6 Å². The number of furan rings is 1. The molecule has 1 aliphatic carbocycles. The average molecular weight is 429 g/mol. The summed E-state index contributed by atoms with van der Waals surface area (Å²) in [4.78, 5) is 25.8. The number of hydrogen-bond acceptors (Lipinski definition) is 6. The Hall–Kier alpha value is -2.45. The summed E-state index contributed by atoms with van der Waals surface area (Å²) in [6.07, 6.45) is 7.69. The third-order valence-electron chi connectivity index (χ3n) is 5.38. The van der Waals surface area contributed by atoms with E-state index in [1.54, 1.807) is 41.3 Å². The average Bonchev–Trinajstić information content (AvgIpc) is 3.43. The monoisotopic (exact) mass is 428 g/mol. The Bertz CT molecular complexity index is 992. The van der Waals surface area contributed by atoms with Crippen LogP contribution in [0, 0.1) is 16.0 Å². The van der Waals surface area contributed by atoms with Gasteiger partial charge < -0.3 is 4.42 Å². The Kier molecular flexibility index (Phi) is 5.82. The van der Waals surface area contributed by atoms with Crippen LogP contribution >= 0.6 is 24.0 Å². The molecule has 8 heteroatoms. The largest absolute Gasteiger partial charge is 0.456 e. The van der Waals surface area contributed by atoms with Gasteiger partial charge in [-0.2, -0.15) is 0 Å². The molecule has 1 saturated heterocycles. The summed E-state index contributed by atoms with van der Waals surface area (Å²) in [6, 6.07) is 9.80. The van der Waals surface area contributed by atoms with E-state index in [4.69, 9.17) is 16.6 Å². The molecule has 1 aliphatic heterocycles. The van der Waals surface area contributed by atoms with Crippen molar-refractivity contribution in [3.05, 3.63) is 57.2 Å². The van der Waals surface area contributed by atoms with Crippen molar-refractivity contribution >= 4 is 46.0 Å². The van der Waals surface area contributed by atoms with Gasteiger partial charge in [0.15, 0.2) is 0 Å². The van der Waals surface area contributed by atoms with E-state index in [1.165, 1.54) is 43.5 Å². The van der Waals surface area contributed by atoms with Gasteiger partial charge in [0.1, 0.15) is 15.8 Å². The van der Waals surface area contributed by atoms with Crippen molar-refractivity contribution in [1.29, 1.82) is 0 Å². The highest BCUT2D eigenvalue weighted by Gasteiger charge is 2.32. The number of nitrogens with zero attached hydrogens (tertiary/aromatic N) is 2. The first-order chi connectivity index (χ1) is 14.0. The van der Waals surface area contributed by atoms with Crippen LogP contribution in [0.4, 0.5) is 5.69 Å². The topological polar surface area (TPSA) is 76.6 Å². The number of amides is 1. The first-order valence-electron chi connectivity index (χ1n) is 9.62. The smallest absolute Gasteiger partial charge is 0.280 e. The fourth-order valence-corrected chi connectivity index (χ4v) is 5.14. The Morgan fingerprint density at radius 1 is 1.24 bits per heavy atom. The SMILES string of the molecule is O=C1C(=Cc2ccc(-c3ccccc3[N+](=O)[O-])o2)SC(=S)N1CCC1CCCC1. The predicted octanol–water partition coefficient (Wildman–Crippen LogP) is 5.64. The minimum atomic E-state index is -0.438. The van der Waals surface area contributed by atoms with Crippen LogP contribution in [0.3, 0.4) is 0 Å². The van der Waals surface area contributed by atoms with E-state index < -0.39 is 4.92 Å². The molecule has 6 nitrogen and oxygen atoms in total. The summed E-state index contributed by atoms with van der Waals surface area (Å²) < 4.78 is 6.35. The lowest BCUT2D eigenvalue weighted by Crippen LogP contribution is -2.30. The number of thiocarbonyl (C=S) groups is 1. The standard InChI is InChI=1S/C21H20N2O4S2/c24-20-19(29-21(28)22(20)12-11-14-5-1-2-6-14)13-15-9-10-18(27-15)16-7-3-4-8-17(16)23(25)26/h3-4,7-10,13-14H,1-2,5-6,11-12H2. The molecule has 29 heavy (non-hydrogen) atoms. The molecule has 150 valence electrons. The molecule has 1 aromatic carbocycles. The van der Waals surface area contributed by atoms with Gasteiger partial charge in [-0.05, 0) is 30.5 Å². The molecular formula is C21H20N2O4S2. The van der Waals surface area contributed by atoms with Crippen LogP contribution in [0.1, 0.15) is 37.9 Å². The lowest BCUT2D eigenvalue weighted by molar-refractivity contribution is -0.384. The minimum Gasteiger partial charge on any atom is -0.456 e. The fourth-order valence-electron chi connectivity index (χ4n) is 3.85. The molecule has 4 rings (SSSR count). The van der Waals surface area contributed by atoms with Crippen LogP contribution in [0.2, 0.25) is 0 Å². The molecule has 2 aromatic rings. The third kappa shape index (κ3) is 4.28. The molecule has 1 aromatic heterocycles.